The fraction of sp³-hybridized carbons (Fsp3) is 0.231. The molecule has 0 aromatic heterocycles. The zero-order valence-electron chi connectivity index (χ0n) is 19.9. The third-order valence-corrected chi connectivity index (χ3v) is 7.74. The quantitative estimate of drug-likeness (QED) is 0.450. The SMILES string of the molecule is CS(=O)(=O)N(CC(=O)N1C[C@@H](C(=O)NCc2ccccc2)Oc2ccccc21)Cc1ccc(Cl)c(Cl)c1. The van der Waals surface area contributed by atoms with Crippen LogP contribution in [0.4, 0.5) is 5.69 Å². The summed E-state index contributed by atoms with van der Waals surface area (Å²) in [5, 5.41) is 3.46. The maximum atomic E-state index is 13.5. The highest BCUT2D eigenvalue weighted by molar-refractivity contribution is 7.88. The molecule has 0 aliphatic carbocycles. The summed E-state index contributed by atoms with van der Waals surface area (Å²) in [6, 6.07) is 21.0. The Hall–Kier alpha value is -3.11. The highest BCUT2D eigenvalue weighted by Gasteiger charge is 2.35. The van der Waals surface area contributed by atoms with Gasteiger partial charge >= 0.3 is 0 Å². The third kappa shape index (κ3) is 6.81. The number of anilines is 1. The van der Waals surface area contributed by atoms with Crippen molar-refractivity contribution < 1.29 is 22.7 Å². The van der Waals surface area contributed by atoms with E-state index in [-0.39, 0.29) is 24.0 Å². The number of para-hydroxylation sites is 2. The van der Waals surface area contributed by atoms with Gasteiger partial charge in [-0.3, -0.25) is 9.59 Å². The van der Waals surface area contributed by atoms with Gasteiger partial charge in [-0.2, -0.15) is 4.31 Å². The first kappa shape index (κ1) is 26.9. The van der Waals surface area contributed by atoms with Crippen LogP contribution < -0.4 is 15.0 Å². The first-order valence-electron chi connectivity index (χ1n) is 11.4. The van der Waals surface area contributed by atoms with Crippen LogP contribution in [0.1, 0.15) is 11.1 Å². The summed E-state index contributed by atoms with van der Waals surface area (Å²) in [5.41, 5.74) is 1.96. The summed E-state index contributed by atoms with van der Waals surface area (Å²) in [6.45, 7) is -0.276. The third-order valence-electron chi connectivity index (χ3n) is 5.80. The lowest BCUT2D eigenvalue weighted by Gasteiger charge is -2.35. The van der Waals surface area contributed by atoms with Crippen LogP contribution in [0.25, 0.3) is 0 Å². The van der Waals surface area contributed by atoms with E-state index in [1.165, 1.54) is 4.90 Å². The summed E-state index contributed by atoms with van der Waals surface area (Å²) in [4.78, 5) is 27.8. The zero-order chi connectivity index (χ0) is 26.6. The minimum absolute atomic E-state index is 0.0686. The van der Waals surface area contributed by atoms with Crippen molar-refractivity contribution in [2.45, 2.75) is 19.2 Å². The Bertz CT molecular complexity index is 1400. The van der Waals surface area contributed by atoms with Crippen molar-refractivity contribution in [2.24, 2.45) is 0 Å². The fourth-order valence-corrected chi connectivity index (χ4v) is 4.92. The van der Waals surface area contributed by atoms with Crippen molar-refractivity contribution in [1.82, 2.24) is 9.62 Å². The second-order valence-electron chi connectivity index (χ2n) is 8.56. The molecular formula is C26H25Cl2N3O5S. The molecule has 3 aromatic carbocycles. The summed E-state index contributed by atoms with van der Waals surface area (Å²) in [5.74, 6) is -0.522. The van der Waals surface area contributed by atoms with Crippen molar-refractivity contribution in [2.75, 3.05) is 24.2 Å². The van der Waals surface area contributed by atoms with E-state index < -0.39 is 28.6 Å². The Balaban J connectivity index is 1.52. The number of hydrogen-bond donors (Lipinski definition) is 1. The van der Waals surface area contributed by atoms with E-state index in [2.05, 4.69) is 5.32 Å². The maximum Gasteiger partial charge on any atom is 0.263 e. The number of benzene rings is 3. The number of carbonyl (C=O) groups is 2. The van der Waals surface area contributed by atoms with Gasteiger partial charge in [0.15, 0.2) is 6.10 Å². The Morgan fingerprint density at radius 1 is 1.00 bits per heavy atom. The first-order chi connectivity index (χ1) is 17.6. The van der Waals surface area contributed by atoms with E-state index in [1.54, 1.807) is 42.5 Å². The second-order valence-corrected chi connectivity index (χ2v) is 11.4. The molecule has 0 unspecified atom stereocenters. The number of fused-ring (bicyclic) bond motifs is 1. The average Bonchev–Trinajstić information content (AvgIpc) is 2.88. The maximum absolute atomic E-state index is 13.5. The van der Waals surface area contributed by atoms with Crippen LogP contribution in [0.15, 0.2) is 72.8 Å². The number of amides is 2. The van der Waals surface area contributed by atoms with E-state index >= 15 is 0 Å². The largest absolute Gasteiger partial charge is 0.477 e. The van der Waals surface area contributed by atoms with Gasteiger partial charge in [-0.15, -0.1) is 0 Å². The van der Waals surface area contributed by atoms with E-state index in [0.29, 0.717) is 28.6 Å². The van der Waals surface area contributed by atoms with Gasteiger partial charge in [-0.1, -0.05) is 71.7 Å². The molecule has 2 amide bonds. The van der Waals surface area contributed by atoms with Gasteiger partial charge < -0.3 is 15.0 Å². The molecule has 1 heterocycles. The Labute approximate surface area is 225 Å². The lowest BCUT2D eigenvalue weighted by Crippen LogP contribution is -2.52. The standard InChI is InChI=1S/C26H25Cl2N3O5S/c1-37(34,35)30(15-19-11-12-20(27)21(28)13-19)17-25(32)31-16-24(36-23-10-6-5-9-22(23)31)26(33)29-14-18-7-3-2-4-8-18/h2-13,24H,14-17H2,1H3,(H,29,33)/t24-/m0/s1. The molecule has 1 atom stereocenters. The second kappa shape index (κ2) is 11.5. The van der Waals surface area contributed by atoms with Gasteiger partial charge in [0.05, 0.1) is 35.1 Å². The van der Waals surface area contributed by atoms with Gasteiger partial charge in [0, 0.05) is 13.1 Å². The fourth-order valence-electron chi connectivity index (χ4n) is 3.87. The Morgan fingerprint density at radius 3 is 2.41 bits per heavy atom. The van der Waals surface area contributed by atoms with Crippen molar-refractivity contribution in [3.8, 4) is 5.75 Å². The molecule has 0 spiro atoms. The lowest BCUT2D eigenvalue weighted by atomic mass is 10.1. The predicted molar refractivity (Wildman–Crippen MR) is 143 cm³/mol. The number of nitrogens with one attached hydrogen (secondary N) is 1. The molecule has 1 aliphatic rings. The molecule has 1 aliphatic heterocycles. The molecule has 1 N–H and O–H groups in total. The van der Waals surface area contributed by atoms with Gasteiger partial charge in [-0.05, 0) is 35.4 Å². The number of ether oxygens (including phenoxy) is 1. The van der Waals surface area contributed by atoms with Crippen molar-refractivity contribution in [3.05, 3.63) is 94.0 Å². The smallest absolute Gasteiger partial charge is 0.263 e. The normalized spacial score (nSPS) is 15.1. The number of rotatable bonds is 8. The van der Waals surface area contributed by atoms with Gasteiger partial charge in [0.2, 0.25) is 15.9 Å². The molecule has 0 fully saturated rings. The lowest BCUT2D eigenvalue weighted by molar-refractivity contribution is -0.128. The van der Waals surface area contributed by atoms with Crippen LogP contribution in [-0.2, 0) is 32.7 Å². The van der Waals surface area contributed by atoms with E-state index in [9.17, 15) is 18.0 Å². The number of sulfonamides is 1. The van der Waals surface area contributed by atoms with Crippen LogP contribution in [0.5, 0.6) is 5.75 Å². The van der Waals surface area contributed by atoms with Crippen molar-refractivity contribution >= 4 is 50.7 Å². The molecule has 0 bridgehead atoms. The number of carbonyl (C=O) groups excluding carboxylic acids is 2. The number of hydrogen-bond acceptors (Lipinski definition) is 5. The molecule has 37 heavy (non-hydrogen) atoms. The topological polar surface area (TPSA) is 96.0 Å². The molecule has 11 heteroatoms. The number of nitrogens with zero attached hydrogens (tertiary/aromatic N) is 2. The summed E-state index contributed by atoms with van der Waals surface area (Å²) >= 11 is 12.0. The van der Waals surface area contributed by atoms with Crippen molar-refractivity contribution in [1.29, 1.82) is 0 Å². The summed E-state index contributed by atoms with van der Waals surface area (Å²) in [6.07, 6.45) is 0.0644. The van der Waals surface area contributed by atoms with Gasteiger partial charge in [-0.25, -0.2) is 8.42 Å². The van der Waals surface area contributed by atoms with Crippen molar-refractivity contribution in [3.63, 3.8) is 0 Å². The minimum atomic E-state index is -3.77. The molecule has 0 saturated heterocycles. The van der Waals surface area contributed by atoms with Gasteiger partial charge in [0.1, 0.15) is 5.75 Å². The van der Waals surface area contributed by atoms with Crippen LogP contribution >= 0.6 is 23.2 Å². The Kier molecular flexibility index (Phi) is 8.39. The summed E-state index contributed by atoms with van der Waals surface area (Å²) < 4.78 is 32.0. The monoisotopic (exact) mass is 561 g/mol. The highest BCUT2D eigenvalue weighted by atomic mass is 35.5. The minimum Gasteiger partial charge on any atom is -0.477 e. The van der Waals surface area contributed by atoms with Crippen LogP contribution in [-0.4, -0.2) is 50.0 Å². The van der Waals surface area contributed by atoms with Crippen LogP contribution in [0.3, 0.4) is 0 Å². The zero-order valence-corrected chi connectivity index (χ0v) is 22.3. The van der Waals surface area contributed by atoms with Gasteiger partial charge in [0.25, 0.3) is 5.91 Å². The molecule has 194 valence electrons. The predicted octanol–water partition coefficient (Wildman–Crippen LogP) is 3.87. The highest BCUT2D eigenvalue weighted by Crippen LogP contribution is 2.33. The van der Waals surface area contributed by atoms with Crippen LogP contribution in [0.2, 0.25) is 10.0 Å². The van der Waals surface area contributed by atoms with E-state index in [0.717, 1.165) is 16.1 Å². The molecule has 0 radical (unpaired) electrons. The van der Waals surface area contributed by atoms with E-state index in [4.69, 9.17) is 27.9 Å². The molecule has 8 nitrogen and oxygen atoms in total. The first-order valence-corrected chi connectivity index (χ1v) is 14.0. The average molecular weight is 562 g/mol. The molecule has 3 aromatic rings. The molecule has 4 rings (SSSR count). The van der Waals surface area contributed by atoms with Crippen LogP contribution in [0, 0.1) is 0 Å². The van der Waals surface area contributed by atoms with E-state index in [1.807, 2.05) is 30.3 Å². The molecule has 0 saturated carbocycles. The Morgan fingerprint density at radius 2 is 1.70 bits per heavy atom. The molecular weight excluding hydrogens is 537 g/mol. The number of halogens is 2. The summed E-state index contributed by atoms with van der Waals surface area (Å²) in [7, 11) is -3.77.